The Labute approximate surface area is 147 Å². The van der Waals surface area contributed by atoms with Crippen LogP contribution in [0.5, 0.6) is 0 Å². The van der Waals surface area contributed by atoms with Gasteiger partial charge in [-0.3, -0.25) is 9.59 Å². The number of aryl methyl sites for hydroxylation is 1. The lowest BCUT2D eigenvalue weighted by Crippen LogP contribution is -2.52. The average molecular weight is 343 g/mol. The van der Waals surface area contributed by atoms with Gasteiger partial charge in [-0.1, -0.05) is 18.2 Å². The van der Waals surface area contributed by atoms with E-state index < -0.39 is 11.9 Å². The molecule has 2 heterocycles. The van der Waals surface area contributed by atoms with E-state index in [4.69, 9.17) is 10.8 Å². The molecule has 2 unspecified atom stereocenters. The van der Waals surface area contributed by atoms with Crippen molar-refractivity contribution in [3.63, 3.8) is 0 Å². The number of rotatable bonds is 6. The lowest BCUT2D eigenvalue weighted by Gasteiger charge is -2.37. The minimum absolute atomic E-state index is 0.0310. The van der Waals surface area contributed by atoms with Crippen molar-refractivity contribution < 1.29 is 14.7 Å². The first-order valence-corrected chi connectivity index (χ1v) is 8.84. The number of aromatic nitrogens is 1. The van der Waals surface area contributed by atoms with Crippen molar-refractivity contribution in [2.24, 2.45) is 11.7 Å². The monoisotopic (exact) mass is 343 g/mol. The van der Waals surface area contributed by atoms with Crippen molar-refractivity contribution >= 4 is 22.7 Å². The number of para-hydroxylation sites is 1. The van der Waals surface area contributed by atoms with E-state index in [1.54, 1.807) is 4.90 Å². The van der Waals surface area contributed by atoms with E-state index in [9.17, 15) is 9.59 Å². The summed E-state index contributed by atoms with van der Waals surface area (Å²) in [6.07, 6.45) is 4.94. The Hall–Kier alpha value is -2.34. The molecule has 6 nitrogen and oxygen atoms in total. The number of piperidine rings is 1. The van der Waals surface area contributed by atoms with E-state index in [0.29, 0.717) is 32.2 Å². The Kier molecular flexibility index (Phi) is 5.38. The van der Waals surface area contributed by atoms with E-state index >= 15 is 0 Å². The number of amides is 2. The summed E-state index contributed by atoms with van der Waals surface area (Å²) in [4.78, 5) is 29.3. The van der Waals surface area contributed by atoms with Gasteiger partial charge in [-0.25, -0.2) is 0 Å². The van der Waals surface area contributed by atoms with Crippen LogP contribution in [0.1, 0.15) is 31.2 Å². The van der Waals surface area contributed by atoms with Gasteiger partial charge in [-0.15, -0.1) is 0 Å². The molecule has 25 heavy (non-hydrogen) atoms. The number of carbonyl (C=O) groups excluding carboxylic acids is 2. The second-order valence-electron chi connectivity index (χ2n) is 6.77. The predicted octanol–water partition coefficient (Wildman–Crippen LogP) is 1.58. The molecule has 2 amide bonds. The van der Waals surface area contributed by atoms with Gasteiger partial charge in [0.05, 0.1) is 0 Å². The highest BCUT2D eigenvalue weighted by molar-refractivity contribution is 5.88. The van der Waals surface area contributed by atoms with Gasteiger partial charge in [-0.05, 0) is 43.2 Å². The summed E-state index contributed by atoms with van der Waals surface area (Å²) in [6, 6.07) is 7.45. The van der Waals surface area contributed by atoms with Crippen LogP contribution in [-0.2, 0) is 16.0 Å². The van der Waals surface area contributed by atoms with Crippen molar-refractivity contribution in [2.75, 3.05) is 13.2 Å². The van der Waals surface area contributed by atoms with Crippen molar-refractivity contribution in [1.29, 1.82) is 0 Å². The number of primary amides is 1. The number of carbonyl (C=O) groups is 2. The van der Waals surface area contributed by atoms with Crippen LogP contribution in [0, 0.1) is 5.92 Å². The quantitative estimate of drug-likeness (QED) is 0.742. The number of hydrogen-bond donors (Lipinski definition) is 3. The van der Waals surface area contributed by atoms with E-state index in [-0.39, 0.29) is 18.4 Å². The minimum atomic E-state index is -0.555. The maximum Gasteiger partial charge on any atom is 0.240 e. The maximum absolute atomic E-state index is 12.7. The molecule has 1 aliphatic rings. The van der Waals surface area contributed by atoms with Crippen molar-refractivity contribution in [3.05, 3.63) is 36.0 Å². The fraction of sp³-hybridized carbons (Fsp3) is 0.474. The number of nitrogens with zero attached hydrogens (tertiary/aromatic N) is 1. The van der Waals surface area contributed by atoms with Crippen LogP contribution >= 0.6 is 0 Å². The Morgan fingerprint density at radius 3 is 2.88 bits per heavy atom. The number of aromatic amines is 1. The maximum atomic E-state index is 12.7. The summed E-state index contributed by atoms with van der Waals surface area (Å²) in [5.41, 5.74) is 7.68. The number of aliphatic hydroxyl groups excluding tert-OH is 1. The molecule has 0 radical (unpaired) electrons. The van der Waals surface area contributed by atoms with Crippen LogP contribution in [0.3, 0.4) is 0 Å². The Bertz CT molecular complexity index is 755. The molecule has 1 aromatic carbocycles. The number of H-pyrrole nitrogens is 1. The van der Waals surface area contributed by atoms with Gasteiger partial charge in [0.2, 0.25) is 11.8 Å². The van der Waals surface area contributed by atoms with Crippen molar-refractivity contribution in [2.45, 2.75) is 38.1 Å². The van der Waals surface area contributed by atoms with Crippen molar-refractivity contribution in [1.82, 2.24) is 9.88 Å². The van der Waals surface area contributed by atoms with Crippen LogP contribution < -0.4 is 5.73 Å². The molecule has 134 valence electrons. The van der Waals surface area contributed by atoms with Crippen LogP contribution in [0.4, 0.5) is 0 Å². The topological polar surface area (TPSA) is 99.4 Å². The Balaban J connectivity index is 1.64. The third kappa shape index (κ3) is 3.85. The highest BCUT2D eigenvalue weighted by Crippen LogP contribution is 2.26. The number of aliphatic hydroxyl groups is 1. The fourth-order valence-corrected chi connectivity index (χ4v) is 3.78. The number of nitrogens with two attached hydrogens (primary N) is 1. The number of fused-ring (bicyclic) bond motifs is 1. The van der Waals surface area contributed by atoms with Crippen LogP contribution in [-0.4, -0.2) is 46.0 Å². The smallest absolute Gasteiger partial charge is 0.240 e. The van der Waals surface area contributed by atoms with Gasteiger partial charge in [-0.2, -0.15) is 0 Å². The molecule has 2 atom stereocenters. The van der Waals surface area contributed by atoms with Gasteiger partial charge >= 0.3 is 0 Å². The van der Waals surface area contributed by atoms with Gasteiger partial charge < -0.3 is 20.7 Å². The zero-order valence-electron chi connectivity index (χ0n) is 14.3. The summed E-state index contributed by atoms with van der Waals surface area (Å²) in [5, 5.41) is 10.2. The van der Waals surface area contributed by atoms with Crippen molar-refractivity contribution in [3.8, 4) is 0 Å². The predicted molar refractivity (Wildman–Crippen MR) is 95.7 cm³/mol. The van der Waals surface area contributed by atoms with E-state index in [1.807, 2.05) is 30.5 Å². The Morgan fingerprint density at radius 2 is 2.12 bits per heavy atom. The van der Waals surface area contributed by atoms with Crippen LogP contribution in [0.25, 0.3) is 10.9 Å². The normalized spacial score (nSPS) is 20.8. The molecule has 1 fully saturated rings. The van der Waals surface area contributed by atoms with Crippen LogP contribution in [0.2, 0.25) is 0 Å². The standard InChI is InChI=1S/C19H25N3O3/c20-19(25)17-11-13(8-10-23)7-9-22(17)18(24)6-5-14-12-21-16-4-2-1-3-15(14)16/h1-4,12-13,17,21,23H,5-11H2,(H2,20,25). The molecule has 6 heteroatoms. The van der Waals surface area contributed by atoms with E-state index in [2.05, 4.69) is 4.98 Å². The van der Waals surface area contributed by atoms with Gasteiger partial charge in [0.25, 0.3) is 0 Å². The summed E-state index contributed by atoms with van der Waals surface area (Å²) in [7, 11) is 0. The van der Waals surface area contributed by atoms with E-state index in [1.165, 1.54) is 0 Å². The molecule has 0 spiro atoms. The molecular formula is C19H25N3O3. The number of hydrogen-bond acceptors (Lipinski definition) is 3. The van der Waals surface area contributed by atoms with E-state index in [0.717, 1.165) is 22.9 Å². The second-order valence-corrected chi connectivity index (χ2v) is 6.77. The van der Waals surface area contributed by atoms with Gasteiger partial charge in [0.1, 0.15) is 6.04 Å². The molecule has 3 rings (SSSR count). The lowest BCUT2D eigenvalue weighted by atomic mass is 9.88. The van der Waals surface area contributed by atoms with Gasteiger partial charge in [0, 0.05) is 36.7 Å². The highest BCUT2D eigenvalue weighted by Gasteiger charge is 2.34. The molecule has 1 saturated heterocycles. The average Bonchev–Trinajstić information content (AvgIpc) is 3.03. The molecular weight excluding hydrogens is 318 g/mol. The first kappa shape index (κ1) is 17.5. The number of benzene rings is 1. The largest absolute Gasteiger partial charge is 0.396 e. The molecule has 2 aromatic rings. The molecule has 0 saturated carbocycles. The summed E-state index contributed by atoms with van der Waals surface area (Å²) < 4.78 is 0. The zero-order valence-corrected chi connectivity index (χ0v) is 14.3. The molecule has 1 aliphatic heterocycles. The molecule has 0 aliphatic carbocycles. The third-order valence-electron chi connectivity index (χ3n) is 5.18. The SMILES string of the molecule is NC(=O)C1CC(CCO)CCN1C(=O)CCc1c[nH]c2ccccc12. The second kappa shape index (κ2) is 7.70. The first-order valence-electron chi connectivity index (χ1n) is 8.84. The highest BCUT2D eigenvalue weighted by atomic mass is 16.3. The zero-order chi connectivity index (χ0) is 17.8. The number of nitrogens with one attached hydrogen (secondary N) is 1. The fourth-order valence-electron chi connectivity index (χ4n) is 3.78. The summed E-state index contributed by atoms with van der Waals surface area (Å²) in [5.74, 6) is -0.236. The summed E-state index contributed by atoms with van der Waals surface area (Å²) in [6.45, 7) is 0.635. The lowest BCUT2D eigenvalue weighted by molar-refractivity contribution is -0.142. The third-order valence-corrected chi connectivity index (χ3v) is 5.18. The minimum Gasteiger partial charge on any atom is -0.396 e. The molecule has 1 aromatic heterocycles. The Morgan fingerprint density at radius 1 is 1.32 bits per heavy atom. The first-order chi connectivity index (χ1) is 12.1. The molecule has 4 N–H and O–H groups in total. The van der Waals surface area contributed by atoms with Gasteiger partial charge in [0.15, 0.2) is 0 Å². The molecule has 0 bridgehead atoms. The number of likely N-dealkylation sites (tertiary alicyclic amines) is 1. The summed E-state index contributed by atoms with van der Waals surface area (Å²) >= 11 is 0. The van der Waals surface area contributed by atoms with Crippen LogP contribution in [0.15, 0.2) is 30.5 Å².